The predicted molar refractivity (Wildman–Crippen MR) is 64.2 cm³/mol. The van der Waals surface area contributed by atoms with Crippen molar-refractivity contribution in [3.05, 3.63) is 24.6 Å². The highest BCUT2D eigenvalue weighted by molar-refractivity contribution is 5.58. The molecule has 0 aromatic carbocycles. The Morgan fingerprint density at radius 3 is 2.36 bits per heavy atom. The standard InChI is InChI=1S/C12H22N2/c1-7-10(4)12(6)14-8-13-11(5)9(2)3/h8-10H,5-7H2,1-4H3,(H,13,14). The van der Waals surface area contributed by atoms with Gasteiger partial charge in [0.2, 0.25) is 0 Å². The average molecular weight is 194 g/mol. The summed E-state index contributed by atoms with van der Waals surface area (Å²) < 4.78 is 0. The van der Waals surface area contributed by atoms with Gasteiger partial charge in [-0.3, -0.25) is 0 Å². The van der Waals surface area contributed by atoms with Crippen molar-refractivity contribution in [2.24, 2.45) is 16.8 Å². The molecule has 0 saturated carbocycles. The van der Waals surface area contributed by atoms with E-state index in [1.165, 1.54) is 0 Å². The number of nitrogens with zero attached hydrogens (tertiary/aromatic N) is 1. The maximum Gasteiger partial charge on any atom is 0.0923 e. The first kappa shape index (κ1) is 12.9. The molecule has 1 atom stereocenters. The van der Waals surface area contributed by atoms with Crippen LogP contribution < -0.4 is 5.32 Å². The molecule has 1 unspecified atom stereocenters. The summed E-state index contributed by atoms with van der Waals surface area (Å²) in [5.74, 6) is 0.874. The Bertz CT molecular complexity index is 226. The molecular formula is C12H22N2. The van der Waals surface area contributed by atoms with Crippen LogP contribution in [0.15, 0.2) is 29.5 Å². The Morgan fingerprint density at radius 1 is 1.36 bits per heavy atom. The Kier molecular flexibility index (Phi) is 5.93. The molecule has 0 saturated heterocycles. The topological polar surface area (TPSA) is 24.4 Å². The molecule has 80 valence electrons. The minimum absolute atomic E-state index is 0.393. The fraction of sp³-hybridized carbons (Fsp3) is 0.583. The van der Waals surface area contributed by atoms with Crippen LogP contribution in [-0.4, -0.2) is 6.34 Å². The molecule has 0 aliphatic rings. The summed E-state index contributed by atoms with van der Waals surface area (Å²) in [6.07, 6.45) is 2.77. The molecule has 1 N–H and O–H groups in total. The smallest absolute Gasteiger partial charge is 0.0923 e. The van der Waals surface area contributed by atoms with E-state index in [0.29, 0.717) is 11.8 Å². The molecule has 0 radical (unpaired) electrons. The molecule has 0 bridgehead atoms. The van der Waals surface area contributed by atoms with E-state index in [4.69, 9.17) is 0 Å². The zero-order valence-corrected chi connectivity index (χ0v) is 9.80. The zero-order valence-electron chi connectivity index (χ0n) is 9.80. The molecule has 2 nitrogen and oxygen atoms in total. The molecule has 0 aromatic heterocycles. The van der Waals surface area contributed by atoms with Crippen LogP contribution in [0.2, 0.25) is 0 Å². The lowest BCUT2D eigenvalue weighted by Gasteiger charge is -2.11. The van der Waals surface area contributed by atoms with Gasteiger partial charge in [-0.2, -0.15) is 0 Å². The van der Waals surface area contributed by atoms with Crippen LogP contribution in [0.1, 0.15) is 34.1 Å². The molecule has 0 spiro atoms. The summed E-state index contributed by atoms with van der Waals surface area (Å²) in [7, 11) is 0. The normalized spacial score (nSPS) is 13.2. The highest BCUT2D eigenvalue weighted by atomic mass is 15.0. The third-order valence-corrected chi connectivity index (χ3v) is 2.35. The molecule has 0 aliphatic heterocycles. The van der Waals surface area contributed by atoms with E-state index in [2.05, 4.69) is 51.2 Å². The van der Waals surface area contributed by atoms with Gasteiger partial charge < -0.3 is 5.32 Å². The van der Waals surface area contributed by atoms with Gasteiger partial charge in [-0.25, -0.2) is 4.99 Å². The van der Waals surface area contributed by atoms with Gasteiger partial charge in [-0.05, 0) is 18.3 Å². The molecule has 0 aliphatic carbocycles. The van der Waals surface area contributed by atoms with E-state index in [1.54, 1.807) is 6.34 Å². The summed E-state index contributed by atoms with van der Waals surface area (Å²) in [6, 6.07) is 0. The molecule has 0 fully saturated rings. The van der Waals surface area contributed by atoms with Gasteiger partial charge in [-0.1, -0.05) is 40.9 Å². The summed E-state index contributed by atoms with van der Waals surface area (Å²) in [4.78, 5) is 4.19. The molecule has 14 heavy (non-hydrogen) atoms. The van der Waals surface area contributed by atoms with Gasteiger partial charge in [0.05, 0.1) is 6.34 Å². The van der Waals surface area contributed by atoms with Crippen molar-refractivity contribution in [3.8, 4) is 0 Å². The monoisotopic (exact) mass is 194 g/mol. The fourth-order valence-electron chi connectivity index (χ4n) is 0.736. The zero-order chi connectivity index (χ0) is 11.1. The molecule has 0 rings (SSSR count). The first-order valence-corrected chi connectivity index (χ1v) is 5.15. The van der Waals surface area contributed by atoms with Crippen LogP contribution in [0, 0.1) is 11.8 Å². The molecule has 0 amide bonds. The predicted octanol–water partition coefficient (Wildman–Crippen LogP) is 3.33. The molecule has 0 aromatic rings. The maximum absolute atomic E-state index is 4.19. The quantitative estimate of drug-likeness (QED) is 0.509. The molecule has 2 heteroatoms. The Labute approximate surface area is 87.8 Å². The maximum atomic E-state index is 4.19. The van der Waals surface area contributed by atoms with Crippen LogP contribution in [-0.2, 0) is 0 Å². The summed E-state index contributed by atoms with van der Waals surface area (Å²) >= 11 is 0. The second-order valence-corrected chi connectivity index (χ2v) is 3.88. The van der Waals surface area contributed by atoms with Crippen molar-refractivity contribution in [1.29, 1.82) is 0 Å². The van der Waals surface area contributed by atoms with E-state index >= 15 is 0 Å². The Morgan fingerprint density at radius 2 is 1.93 bits per heavy atom. The number of rotatable bonds is 6. The van der Waals surface area contributed by atoms with Gasteiger partial charge in [0.15, 0.2) is 0 Å². The van der Waals surface area contributed by atoms with E-state index in [0.717, 1.165) is 17.8 Å². The molecule has 0 heterocycles. The van der Waals surface area contributed by atoms with Crippen molar-refractivity contribution >= 4 is 6.34 Å². The number of allylic oxidation sites excluding steroid dienone is 2. The summed E-state index contributed by atoms with van der Waals surface area (Å²) in [5.41, 5.74) is 1.89. The van der Waals surface area contributed by atoms with Crippen LogP contribution in [0.5, 0.6) is 0 Å². The lowest BCUT2D eigenvalue weighted by atomic mass is 10.1. The SMILES string of the molecule is C=C(N=CNC(=C)C(C)CC)C(C)C. The van der Waals surface area contributed by atoms with E-state index in [1.807, 2.05) is 0 Å². The van der Waals surface area contributed by atoms with Gasteiger partial charge in [-0.15, -0.1) is 0 Å². The number of aliphatic imine (C=N–C) groups is 1. The van der Waals surface area contributed by atoms with E-state index in [9.17, 15) is 0 Å². The van der Waals surface area contributed by atoms with Crippen LogP contribution in [0.4, 0.5) is 0 Å². The highest BCUT2D eigenvalue weighted by Crippen LogP contribution is 2.09. The lowest BCUT2D eigenvalue weighted by Crippen LogP contribution is -2.15. The minimum atomic E-state index is 0.393. The average Bonchev–Trinajstić information content (AvgIpc) is 2.15. The fourth-order valence-corrected chi connectivity index (χ4v) is 0.736. The number of hydrogen-bond acceptors (Lipinski definition) is 1. The first-order valence-electron chi connectivity index (χ1n) is 5.15. The van der Waals surface area contributed by atoms with Crippen molar-refractivity contribution in [3.63, 3.8) is 0 Å². The van der Waals surface area contributed by atoms with Crippen molar-refractivity contribution in [2.45, 2.75) is 34.1 Å². The van der Waals surface area contributed by atoms with E-state index < -0.39 is 0 Å². The second-order valence-electron chi connectivity index (χ2n) is 3.88. The first-order chi connectivity index (χ1) is 6.49. The van der Waals surface area contributed by atoms with Crippen molar-refractivity contribution in [1.82, 2.24) is 5.32 Å². The third kappa shape index (κ3) is 4.85. The van der Waals surface area contributed by atoms with Crippen LogP contribution in [0.25, 0.3) is 0 Å². The largest absolute Gasteiger partial charge is 0.350 e. The summed E-state index contributed by atoms with van der Waals surface area (Å²) in [6.45, 7) is 16.2. The lowest BCUT2D eigenvalue weighted by molar-refractivity contribution is 0.633. The van der Waals surface area contributed by atoms with Crippen molar-refractivity contribution in [2.75, 3.05) is 0 Å². The van der Waals surface area contributed by atoms with Gasteiger partial charge in [0.25, 0.3) is 0 Å². The third-order valence-electron chi connectivity index (χ3n) is 2.35. The number of nitrogens with one attached hydrogen (secondary N) is 1. The van der Waals surface area contributed by atoms with Crippen LogP contribution >= 0.6 is 0 Å². The minimum Gasteiger partial charge on any atom is -0.350 e. The Hall–Kier alpha value is -1.05. The van der Waals surface area contributed by atoms with Crippen LogP contribution in [0.3, 0.4) is 0 Å². The highest BCUT2D eigenvalue weighted by Gasteiger charge is 2.01. The van der Waals surface area contributed by atoms with E-state index in [-0.39, 0.29) is 0 Å². The second kappa shape index (κ2) is 6.41. The summed E-state index contributed by atoms with van der Waals surface area (Å²) in [5, 5.41) is 3.07. The number of hydrogen-bond donors (Lipinski definition) is 1. The Balaban J connectivity index is 3.94. The molecular weight excluding hydrogens is 172 g/mol. The van der Waals surface area contributed by atoms with Gasteiger partial charge in [0.1, 0.15) is 0 Å². The van der Waals surface area contributed by atoms with Gasteiger partial charge >= 0.3 is 0 Å². The van der Waals surface area contributed by atoms with Gasteiger partial charge in [0, 0.05) is 11.4 Å². The van der Waals surface area contributed by atoms with Crippen molar-refractivity contribution < 1.29 is 0 Å².